The summed E-state index contributed by atoms with van der Waals surface area (Å²) in [5, 5.41) is 0. The summed E-state index contributed by atoms with van der Waals surface area (Å²) in [5.74, 6) is -0.300. The number of rotatable bonds is 0. The number of hydrogen-bond acceptors (Lipinski definition) is 1. The lowest BCUT2D eigenvalue weighted by molar-refractivity contribution is -0.129. The van der Waals surface area contributed by atoms with E-state index in [1.807, 2.05) is 24.3 Å². The molecule has 1 aromatic rings. The first kappa shape index (κ1) is 14.9. The van der Waals surface area contributed by atoms with Crippen LogP contribution in [-0.4, -0.2) is 11.5 Å². The highest BCUT2D eigenvalue weighted by Gasteiger charge is 2.37. The summed E-state index contributed by atoms with van der Waals surface area (Å²) >= 11 is 0. The first-order valence-electron chi connectivity index (χ1n) is 6.38. The van der Waals surface area contributed by atoms with Gasteiger partial charge in [0.2, 0.25) is 0 Å². The van der Waals surface area contributed by atoms with Gasteiger partial charge < -0.3 is 0 Å². The van der Waals surface area contributed by atoms with Gasteiger partial charge in [0, 0.05) is 12.8 Å². The Morgan fingerprint density at radius 1 is 1.11 bits per heavy atom. The molecule has 1 aliphatic carbocycles. The van der Waals surface area contributed by atoms with Crippen molar-refractivity contribution in [3.8, 4) is 0 Å². The minimum Gasteiger partial charge on any atom is -0.296 e. The van der Waals surface area contributed by atoms with Gasteiger partial charge in [-0.25, -0.2) is 4.39 Å². The van der Waals surface area contributed by atoms with Gasteiger partial charge in [-0.05, 0) is 23.5 Å². The van der Waals surface area contributed by atoms with Crippen LogP contribution in [0.3, 0.4) is 0 Å². The zero-order valence-corrected chi connectivity index (χ0v) is 12.0. The number of carbonyl (C=O) groups is 1. The zero-order valence-electron chi connectivity index (χ0n) is 12.0. The van der Waals surface area contributed by atoms with Crippen molar-refractivity contribution in [1.82, 2.24) is 0 Å². The normalized spacial score (nSPS) is 22.9. The van der Waals surface area contributed by atoms with Crippen LogP contribution in [0.1, 0.15) is 45.7 Å². The van der Waals surface area contributed by atoms with Gasteiger partial charge in [0.1, 0.15) is 0 Å². The summed E-state index contributed by atoms with van der Waals surface area (Å²) < 4.78 is 13.6. The Morgan fingerprint density at radius 2 is 1.56 bits per heavy atom. The first-order chi connectivity index (χ1) is 8.09. The van der Waals surface area contributed by atoms with Crippen LogP contribution in [0.25, 0.3) is 0 Å². The van der Waals surface area contributed by atoms with Gasteiger partial charge >= 0.3 is 0 Å². The maximum Gasteiger partial charge on any atom is 0.174 e. The second kappa shape index (κ2) is 5.21. The zero-order chi connectivity index (χ0) is 14.0. The summed E-state index contributed by atoms with van der Waals surface area (Å²) in [4.78, 5) is 11.3. The average Bonchev–Trinajstić information content (AvgIpc) is 2.16. The molecule has 0 saturated carbocycles. The molecule has 1 aliphatic rings. The number of halogens is 1. The number of alkyl halides is 1. The quantitative estimate of drug-likeness (QED) is 0.676. The fourth-order valence-electron chi connectivity index (χ4n) is 1.72. The van der Waals surface area contributed by atoms with Gasteiger partial charge in [-0.1, -0.05) is 52.0 Å². The van der Waals surface area contributed by atoms with Crippen LogP contribution in [0, 0.1) is 5.41 Å². The Labute approximate surface area is 109 Å². The van der Waals surface area contributed by atoms with Gasteiger partial charge in [-0.2, -0.15) is 0 Å². The molecule has 2 rings (SSSR count). The standard InChI is InChI=1S/C11H11FO.C5H12/c1-11(12)7-9-5-3-2-4-8(9)6-10(11)13;1-5(2,3)4/h2-5H,6-7H2,1H3;1-4H3. The Bertz CT molecular complexity index is 421. The molecular formula is C16H23FO. The number of benzene rings is 1. The smallest absolute Gasteiger partial charge is 0.174 e. The van der Waals surface area contributed by atoms with Crippen LogP contribution < -0.4 is 0 Å². The number of Topliss-reactive ketones (excluding diaryl/α,β-unsaturated/α-hetero) is 1. The number of fused-ring (bicyclic) bond motifs is 1. The lowest BCUT2D eigenvalue weighted by atomic mass is 9.82. The SMILES string of the molecule is CC(C)(C)C.CC1(F)Cc2ccccc2CC1=O. The van der Waals surface area contributed by atoms with E-state index < -0.39 is 5.67 Å². The van der Waals surface area contributed by atoms with Gasteiger partial charge in [-0.3, -0.25) is 4.79 Å². The van der Waals surface area contributed by atoms with E-state index in [2.05, 4.69) is 27.7 Å². The third kappa shape index (κ3) is 4.59. The van der Waals surface area contributed by atoms with E-state index in [-0.39, 0.29) is 18.6 Å². The molecule has 0 saturated heterocycles. The molecule has 0 aromatic heterocycles. The Morgan fingerprint density at radius 3 is 2.06 bits per heavy atom. The summed E-state index contributed by atoms with van der Waals surface area (Å²) in [6, 6.07) is 7.54. The fraction of sp³-hybridized carbons (Fsp3) is 0.562. The van der Waals surface area contributed by atoms with Gasteiger partial charge in [0.15, 0.2) is 11.5 Å². The minimum absolute atomic E-state index is 0.224. The largest absolute Gasteiger partial charge is 0.296 e. The fourth-order valence-corrected chi connectivity index (χ4v) is 1.72. The highest BCUT2D eigenvalue weighted by Crippen LogP contribution is 2.28. The predicted octanol–water partition coefficient (Wildman–Crippen LogP) is 4.13. The number of hydrogen-bond donors (Lipinski definition) is 0. The molecule has 1 atom stereocenters. The van der Waals surface area contributed by atoms with Crippen molar-refractivity contribution in [1.29, 1.82) is 0 Å². The van der Waals surface area contributed by atoms with Crippen LogP contribution in [-0.2, 0) is 17.6 Å². The van der Waals surface area contributed by atoms with E-state index in [4.69, 9.17) is 0 Å². The second-order valence-corrected chi connectivity index (χ2v) is 6.74. The maximum absolute atomic E-state index is 13.6. The van der Waals surface area contributed by atoms with Crippen molar-refractivity contribution >= 4 is 5.78 Å². The predicted molar refractivity (Wildman–Crippen MR) is 73.5 cm³/mol. The van der Waals surface area contributed by atoms with Crippen LogP contribution in [0.2, 0.25) is 0 Å². The third-order valence-electron chi connectivity index (χ3n) is 2.57. The molecule has 0 amide bonds. The van der Waals surface area contributed by atoms with Gasteiger partial charge in [0.25, 0.3) is 0 Å². The number of ketones is 1. The van der Waals surface area contributed by atoms with Crippen molar-refractivity contribution < 1.29 is 9.18 Å². The summed E-state index contributed by atoms with van der Waals surface area (Å²) in [6.45, 7) is 10.1. The van der Waals surface area contributed by atoms with Crippen LogP contribution in [0.5, 0.6) is 0 Å². The highest BCUT2D eigenvalue weighted by molar-refractivity contribution is 5.90. The van der Waals surface area contributed by atoms with Crippen LogP contribution in [0.4, 0.5) is 4.39 Å². The van der Waals surface area contributed by atoms with Crippen LogP contribution >= 0.6 is 0 Å². The van der Waals surface area contributed by atoms with Crippen molar-refractivity contribution in [2.45, 2.75) is 53.1 Å². The molecule has 0 spiro atoms. The molecule has 1 unspecified atom stereocenters. The Kier molecular flexibility index (Phi) is 4.31. The topological polar surface area (TPSA) is 17.1 Å². The van der Waals surface area contributed by atoms with Gasteiger partial charge in [0.05, 0.1) is 0 Å². The minimum atomic E-state index is -1.66. The summed E-state index contributed by atoms with van der Waals surface area (Å²) in [6.07, 6.45) is 0.463. The molecule has 0 bridgehead atoms. The molecule has 0 N–H and O–H groups in total. The molecule has 0 fully saturated rings. The van der Waals surface area contributed by atoms with E-state index in [1.165, 1.54) is 6.92 Å². The van der Waals surface area contributed by atoms with E-state index in [0.717, 1.165) is 11.1 Å². The molecule has 1 aromatic carbocycles. The Hall–Kier alpha value is -1.18. The molecule has 1 nitrogen and oxygen atoms in total. The van der Waals surface area contributed by atoms with E-state index in [0.29, 0.717) is 5.41 Å². The molecular weight excluding hydrogens is 227 g/mol. The lowest BCUT2D eigenvalue weighted by Crippen LogP contribution is -2.38. The monoisotopic (exact) mass is 250 g/mol. The molecule has 0 aliphatic heterocycles. The first-order valence-corrected chi connectivity index (χ1v) is 6.38. The second-order valence-electron chi connectivity index (χ2n) is 6.74. The Balaban J connectivity index is 0.000000280. The van der Waals surface area contributed by atoms with E-state index in [1.54, 1.807) is 0 Å². The molecule has 18 heavy (non-hydrogen) atoms. The molecule has 0 heterocycles. The van der Waals surface area contributed by atoms with E-state index in [9.17, 15) is 9.18 Å². The highest BCUT2D eigenvalue weighted by atomic mass is 19.1. The molecule has 0 radical (unpaired) electrons. The summed E-state index contributed by atoms with van der Waals surface area (Å²) in [5.41, 5.74) is 0.781. The van der Waals surface area contributed by atoms with Crippen molar-refractivity contribution in [2.75, 3.05) is 0 Å². The van der Waals surface area contributed by atoms with Gasteiger partial charge in [-0.15, -0.1) is 0 Å². The number of carbonyl (C=O) groups excluding carboxylic acids is 1. The average molecular weight is 250 g/mol. The van der Waals surface area contributed by atoms with Crippen LogP contribution in [0.15, 0.2) is 24.3 Å². The molecule has 2 heteroatoms. The van der Waals surface area contributed by atoms with E-state index >= 15 is 0 Å². The van der Waals surface area contributed by atoms with Crippen molar-refractivity contribution in [3.63, 3.8) is 0 Å². The third-order valence-corrected chi connectivity index (χ3v) is 2.57. The van der Waals surface area contributed by atoms with Crippen molar-refractivity contribution in [3.05, 3.63) is 35.4 Å². The molecule has 100 valence electrons. The van der Waals surface area contributed by atoms with Crippen molar-refractivity contribution in [2.24, 2.45) is 5.41 Å². The maximum atomic E-state index is 13.6. The lowest BCUT2D eigenvalue weighted by Gasteiger charge is -2.25. The summed E-state index contributed by atoms with van der Waals surface area (Å²) in [7, 11) is 0.